The molecule has 0 saturated carbocycles. The summed E-state index contributed by atoms with van der Waals surface area (Å²) in [4.78, 5) is 0. The molecule has 0 unspecified atom stereocenters. The average Bonchev–Trinajstić information content (AvgIpc) is 1.94. The Morgan fingerprint density at radius 2 is 1.73 bits per heavy atom. The van der Waals surface area contributed by atoms with Crippen LogP contribution in [0.4, 0.5) is 0 Å². The van der Waals surface area contributed by atoms with E-state index in [2.05, 4.69) is 6.92 Å². The Kier molecular flexibility index (Phi) is 5.56. The smallest absolute Gasteiger partial charge is 0.412 e. The molecule has 0 aromatic carbocycles. The first-order valence-corrected chi connectivity index (χ1v) is 7.17. The third kappa shape index (κ3) is 4.32. The van der Waals surface area contributed by atoms with Crippen LogP contribution in [0.15, 0.2) is 0 Å². The molecule has 0 aliphatic carbocycles. The molecule has 0 bridgehead atoms. The van der Waals surface area contributed by atoms with Crippen molar-refractivity contribution in [3.05, 3.63) is 0 Å². The van der Waals surface area contributed by atoms with Gasteiger partial charge >= 0.3 is 39.3 Å². The van der Waals surface area contributed by atoms with Crippen LogP contribution in [0.5, 0.6) is 0 Å². The highest BCUT2D eigenvalue weighted by atomic mass is 28.4. The second kappa shape index (κ2) is 6.25. The molecule has 11 heavy (non-hydrogen) atoms. The highest BCUT2D eigenvalue weighted by Gasteiger charge is 2.19. The Morgan fingerprint density at radius 1 is 1.09 bits per heavy atom. The summed E-state index contributed by atoms with van der Waals surface area (Å²) in [5.74, 6) is 0. The van der Waals surface area contributed by atoms with Crippen molar-refractivity contribution in [1.29, 1.82) is 0 Å². The Labute approximate surface area is 75.6 Å². The van der Waals surface area contributed by atoms with Crippen molar-refractivity contribution in [2.45, 2.75) is 19.4 Å². The van der Waals surface area contributed by atoms with Gasteiger partial charge in [0.1, 0.15) is 0 Å². The largest absolute Gasteiger partial charge is 0.413 e. The monoisotopic (exact) mass is 219 g/mol. The normalized spacial score (nSPS) is 22.6. The van der Waals surface area contributed by atoms with Gasteiger partial charge in [-0.1, -0.05) is 13.3 Å². The molecule has 1 fully saturated rings. The minimum atomic E-state index is -1.08. The van der Waals surface area contributed by atoms with Gasteiger partial charge in [-0.05, 0) is 6.04 Å². The van der Waals surface area contributed by atoms with Gasteiger partial charge in [0, 0.05) is 0 Å². The summed E-state index contributed by atoms with van der Waals surface area (Å²) in [5, 5.41) is 0. The molecule has 0 atom stereocenters. The van der Waals surface area contributed by atoms with E-state index in [0.717, 1.165) is 12.5 Å². The van der Waals surface area contributed by atoms with E-state index in [4.69, 9.17) is 16.5 Å². The van der Waals surface area contributed by atoms with E-state index in [0.29, 0.717) is 0 Å². The summed E-state index contributed by atoms with van der Waals surface area (Å²) in [6.45, 7) is 2.11. The second-order valence-electron chi connectivity index (χ2n) is 1.78. The Bertz CT molecular complexity index is 95.3. The number of hydrogen-bond acceptors (Lipinski definition) is 4. The van der Waals surface area contributed by atoms with Crippen LogP contribution in [0, 0.1) is 0 Å². The molecule has 1 aliphatic heterocycles. The molecular formula is C3H7O4Si4. The zero-order chi connectivity index (χ0) is 7.94. The van der Waals surface area contributed by atoms with E-state index in [1.54, 1.807) is 0 Å². The van der Waals surface area contributed by atoms with Crippen LogP contribution < -0.4 is 0 Å². The van der Waals surface area contributed by atoms with Crippen LogP contribution in [-0.4, -0.2) is 39.3 Å². The van der Waals surface area contributed by atoms with Crippen molar-refractivity contribution >= 4 is 39.3 Å². The molecule has 1 heterocycles. The van der Waals surface area contributed by atoms with Crippen molar-refractivity contribution in [3.8, 4) is 0 Å². The predicted octanol–water partition coefficient (Wildman–Crippen LogP) is -0.433. The minimum absolute atomic E-state index is 0.0731. The lowest BCUT2D eigenvalue weighted by Gasteiger charge is -2.15. The summed E-state index contributed by atoms with van der Waals surface area (Å²) in [6, 6.07) is 1.00. The topological polar surface area (TPSA) is 36.9 Å². The molecule has 1 saturated heterocycles. The van der Waals surface area contributed by atoms with Gasteiger partial charge in [-0.15, -0.1) is 0 Å². The van der Waals surface area contributed by atoms with E-state index in [1.807, 2.05) is 0 Å². The standard InChI is InChI=1S/C3H7O4Si4/c1-2-3-11-6-9-4-8-5-10-7-11/h2-3H2,1H3. The Hall–Kier alpha value is 0.708. The molecule has 1 rings (SSSR count). The molecule has 1 aliphatic rings. The van der Waals surface area contributed by atoms with Gasteiger partial charge in [0.15, 0.2) is 0 Å². The maximum absolute atomic E-state index is 5.34. The summed E-state index contributed by atoms with van der Waals surface area (Å²) < 4.78 is 20.7. The fraction of sp³-hybridized carbons (Fsp3) is 1.00. The highest BCUT2D eigenvalue weighted by molar-refractivity contribution is 6.59. The first-order chi connectivity index (χ1) is 5.43. The van der Waals surface area contributed by atoms with Crippen LogP contribution in [0.3, 0.4) is 0 Å². The summed E-state index contributed by atoms with van der Waals surface area (Å²) in [6.07, 6.45) is 1.09. The van der Waals surface area contributed by atoms with Gasteiger partial charge in [0.05, 0.1) is 0 Å². The first-order valence-electron chi connectivity index (χ1n) is 3.19. The molecule has 7 radical (unpaired) electrons. The van der Waals surface area contributed by atoms with Gasteiger partial charge in [0.2, 0.25) is 0 Å². The summed E-state index contributed by atoms with van der Waals surface area (Å²) >= 11 is 0. The van der Waals surface area contributed by atoms with E-state index in [9.17, 15) is 0 Å². The van der Waals surface area contributed by atoms with Crippen molar-refractivity contribution in [3.63, 3.8) is 0 Å². The zero-order valence-corrected chi connectivity index (χ0v) is 10.0. The van der Waals surface area contributed by atoms with Crippen molar-refractivity contribution in [2.75, 3.05) is 0 Å². The molecule has 59 valence electrons. The Morgan fingerprint density at radius 3 is 2.27 bits per heavy atom. The van der Waals surface area contributed by atoms with Crippen molar-refractivity contribution < 1.29 is 16.5 Å². The van der Waals surface area contributed by atoms with E-state index in [-0.39, 0.29) is 30.0 Å². The van der Waals surface area contributed by atoms with Crippen LogP contribution in [0.1, 0.15) is 13.3 Å². The fourth-order valence-corrected chi connectivity index (χ4v) is 4.92. The second-order valence-corrected chi connectivity index (χ2v) is 6.79. The highest BCUT2D eigenvalue weighted by Crippen LogP contribution is 2.00. The van der Waals surface area contributed by atoms with Gasteiger partial charge < -0.3 is 16.5 Å². The quantitative estimate of drug-likeness (QED) is 0.591. The summed E-state index contributed by atoms with van der Waals surface area (Å²) in [7, 11) is -0.821. The Balaban J connectivity index is 2.15. The molecule has 0 spiro atoms. The fourth-order valence-electron chi connectivity index (χ4n) is 0.516. The van der Waals surface area contributed by atoms with E-state index < -0.39 is 9.28 Å². The summed E-state index contributed by atoms with van der Waals surface area (Å²) in [5.41, 5.74) is 0. The molecule has 8 heteroatoms. The minimum Gasteiger partial charge on any atom is -0.413 e. The van der Waals surface area contributed by atoms with Crippen molar-refractivity contribution in [2.24, 2.45) is 0 Å². The maximum atomic E-state index is 5.34. The van der Waals surface area contributed by atoms with Crippen LogP contribution in [-0.2, 0) is 16.5 Å². The first kappa shape index (κ1) is 9.79. The van der Waals surface area contributed by atoms with Gasteiger partial charge in [-0.3, -0.25) is 0 Å². The van der Waals surface area contributed by atoms with Crippen molar-refractivity contribution in [1.82, 2.24) is 0 Å². The third-order valence-electron chi connectivity index (χ3n) is 0.932. The van der Waals surface area contributed by atoms with Crippen LogP contribution in [0.25, 0.3) is 0 Å². The van der Waals surface area contributed by atoms with Crippen LogP contribution >= 0.6 is 0 Å². The SMILES string of the molecule is CCC[Si]1O[Si]O[Si]O[Si]O1. The lowest BCUT2D eigenvalue weighted by atomic mass is 10.6. The molecule has 0 aromatic rings. The lowest BCUT2D eigenvalue weighted by Crippen LogP contribution is -2.32. The number of hydrogen-bond donors (Lipinski definition) is 0. The molecule has 4 nitrogen and oxygen atoms in total. The van der Waals surface area contributed by atoms with Gasteiger partial charge in [-0.2, -0.15) is 0 Å². The zero-order valence-electron chi connectivity index (χ0n) is 6.05. The average molecular weight is 219 g/mol. The van der Waals surface area contributed by atoms with E-state index >= 15 is 0 Å². The molecule has 0 amide bonds. The maximum Gasteiger partial charge on any atom is 0.412 e. The molecular weight excluding hydrogens is 212 g/mol. The molecule has 0 aromatic heterocycles. The predicted molar refractivity (Wildman–Crippen MR) is 42.5 cm³/mol. The van der Waals surface area contributed by atoms with Gasteiger partial charge in [0.25, 0.3) is 0 Å². The number of rotatable bonds is 2. The van der Waals surface area contributed by atoms with E-state index in [1.165, 1.54) is 0 Å². The van der Waals surface area contributed by atoms with Crippen LogP contribution in [0.2, 0.25) is 6.04 Å². The lowest BCUT2D eigenvalue weighted by molar-refractivity contribution is 0.328. The molecule has 0 N–H and O–H groups in total. The third-order valence-corrected chi connectivity index (χ3v) is 5.66. The van der Waals surface area contributed by atoms with Gasteiger partial charge in [-0.25, -0.2) is 0 Å².